The van der Waals surface area contributed by atoms with Gasteiger partial charge in [-0.15, -0.1) is 11.3 Å². The van der Waals surface area contributed by atoms with Crippen molar-refractivity contribution in [1.82, 2.24) is 0 Å². The number of esters is 1. The summed E-state index contributed by atoms with van der Waals surface area (Å²) in [7, 11) is -4.08. The van der Waals surface area contributed by atoms with E-state index in [0.717, 1.165) is 39.6 Å². The third kappa shape index (κ3) is 5.22. The van der Waals surface area contributed by atoms with Crippen molar-refractivity contribution in [2.24, 2.45) is 0 Å². The number of sulfonamides is 1. The van der Waals surface area contributed by atoms with Crippen molar-refractivity contribution in [3.63, 3.8) is 0 Å². The molecule has 1 heterocycles. The SMILES string of the molecule is CCOC(=O)c1c(NC(=O)CN(c2ccc(C)c(Cl)c2)S(=O)(=O)c2ccccc2)sc2c1CCC2. The summed E-state index contributed by atoms with van der Waals surface area (Å²) in [5.74, 6) is -1.06. The molecule has 0 spiro atoms. The third-order valence-electron chi connectivity index (χ3n) is 5.72. The van der Waals surface area contributed by atoms with E-state index in [1.807, 2.05) is 6.92 Å². The zero-order chi connectivity index (χ0) is 25.2. The fourth-order valence-electron chi connectivity index (χ4n) is 3.98. The van der Waals surface area contributed by atoms with Gasteiger partial charge < -0.3 is 10.1 Å². The summed E-state index contributed by atoms with van der Waals surface area (Å²) in [5, 5.41) is 3.54. The number of benzene rings is 2. The van der Waals surface area contributed by atoms with Gasteiger partial charge >= 0.3 is 5.97 Å². The molecule has 1 aromatic heterocycles. The zero-order valence-electron chi connectivity index (χ0n) is 19.3. The molecule has 0 bridgehead atoms. The summed E-state index contributed by atoms with van der Waals surface area (Å²) in [6.07, 6.45) is 2.52. The highest BCUT2D eigenvalue weighted by Crippen LogP contribution is 2.39. The number of aryl methyl sites for hydroxylation is 2. The molecule has 4 rings (SSSR count). The van der Waals surface area contributed by atoms with Gasteiger partial charge in [0.15, 0.2) is 0 Å². The topological polar surface area (TPSA) is 92.8 Å². The molecule has 1 amide bonds. The standard InChI is InChI=1S/C25H25ClN2O5S2/c1-3-33-25(30)23-19-10-7-11-21(19)34-24(23)27-22(29)15-28(17-13-12-16(2)20(26)14-17)35(31,32)18-8-5-4-6-9-18/h4-6,8-9,12-14H,3,7,10-11,15H2,1-2H3,(H,27,29). The van der Waals surface area contributed by atoms with E-state index in [4.69, 9.17) is 16.3 Å². The number of anilines is 2. The van der Waals surface area contributed by atoms with Gasteiger partial charge in [-0.3, -0.25) is 9.10 Å². The molecule has 1 N–H and O–H groups in total. The number of hydrogen-bond acceptors (Lipinski definition) is 6. The molecule has 3 aromatic rings. The lowest BCUT2D eigenvalue weighted by molar-refractivity contribution is -0.114. The Bertz CT molecular complexity index is 1370. The highest BCUT2D eigenvalue weighted by atomic mass is 35.5. The predicted molar refractivity (Wildman–Crippen MR) is 138 cm³/mol. The average Bonchev–Trinajstić information content (AvgIpc) is 3.41. The van der Waals surface area contributed by atoms with Gasteiger partial charge in [0.2, 0.25) is 5.91 Å². The first-order chi connectivity index (χ1) is 16.7. The first kappa shape index (κ1) is 25.2. The van der Waals surface area contributed by atoms with E-state index < -0.39 is 28.4 Å². The Hall–Kier alpha value is -2.88. The summed E-state index contributed by atoms with van der Waals surface area (Å²) < 4.78 is 33.3. The summed E-state index contributed by atoms with van der Waals surface area (Å²) in [5.41, 5.74) is 2.32. The molecule has 2 aromatic carbocycles. The summed E-state index contributed by atoms with van der Waals surface area (Å²) in [6.45, 7) is 3.25. The van der Waals surface area contributed by atoms with Gasteiger partial charge in [-0.1, -0.05) is 35.9 Å². The first-order valence-corrected chi connectivity index (χ1v) is 13.8. The molecule has 0 saturated heterocycles. The lowest BCUT2D eigenvalue weighted by atomic mass is 10.1. The van der Waals surface area contributed by atoms with Crippen molar-refractivity contribution < 1.29 is 22.7 Å². The van der Waals surface area contributed by atoms with Crippen LogP contribution >= 0.6 is 22.9 Å². The van der Waals surface area contributed by atoms with Crippen molar-refractivity contribution >= 4 is 55.5 Å². The van der Waals surface area contributed by atoms with Gasteiger partial charge in [-0.05, 0) is 68.5 Å². The van der Waals surface area contributed by atoms with Crippen LogP contribution in [0.1, 0.15) is 39.7 Å². The first-order valence-electron chi connectivity index (χ1n) is 11.2. The minimum absolute atomic E-state index is 0.0480. The van der Waals surface area contributed by atoms with Gasteiger partial charge in [0.1, 0.15) is 11.5 Å². The fraction of sp³-hybridized carbons (Fsp3) is 0.280. The Balaban J connectivity index is 1.67. The number of nitrogens with one attached hydrogen (secondary N) is 1. The van der Waals surface area contributed by atoms with Crippen molar-refractivity contribution in [3.8, 4) is 0 Å². The molecular formula is C25H25ClN2O5S2. The largest absolute Gasteiger partial charge is 0.462 e. The molecule has 1 aliphatic carbocycles. The molecule has 0 radical (unpaired) electrons. The van der Waals surface area contributed by atoms with Crippen LogP contribution in [0.2, 0.25) is 5.02 Å². The minimum Gasteiger partial charge on any atom is -0.462 e. The number of ether oxygens (including phenoxy) is 1. The van der Waals surface area contributed by atoms with E-state index >= 15 is 0 Å². The van der Waals surface area contributed by atoms with Crippen LogP contribution in [0.5, 0.6) is 0 Å². The molecule has 0 atom stereocenters. The summed E-state index contributed by atoms with van der Waals surface area (Å²) >= 11 is 7.62. The van der Waals surface area contributed by atoms with Gasteiger partial charge in [0.05, 0.1) is 22.8 Å². The highest BCUT2D eigenvalue weighted by Gasteiger charge is 2.31. The van der Waals surface area contributed by atoms with Crippen LogP contribution in [0.4, 0.5) is 10.7 Å². The Morgan fingerprint density at radius 1 is 1.14 bits per heavy atom. The number of fused-ring (bicyclic) bond motifs is 1. The van der Waals surface area contributed by atoms with E-state index in [1.54, 1.807) is 37.3 Å². The van der Waals surface area contributed by atoms with E-state index in [0.29, 0.717) is 15.6 Å². The van der Waals surface area contributed by atoms with Crippen molar-refractivity contribution in [1.29, 1.82) is 0 Å². The molecule has 0 saturated carbocycles. The zero-order valence-corrected chi connectivity index (χ0v) is 21.7. The summed E-state index contributed by atoms with van der Waals surface area (Å²) in [6, 6.07) is 12.7. The molecule has 0 unspecified atom stereocenters. The molecular weight excluding hydrogens is 508 g/mol. The fourth-order valence-corrected chi connectivity index (χ4v) is 6.88. The third-order valence-corrected chi connectivity index (χ3v) is 9.12. The van der Waals surface area contributed by atoms with Crippen LogP contribution < -0.4 is 9.62 Å². The van der Waals surface area contributed by atoms with Gasteiger partial charge in [-0.25, -0.2) is 13.2 Å². The number of halogens is 1. The predicted octanol–water partition coefficient (Wildman–Crippen LogP) is 5.21. The molecule has 1 aliphatic rings. The number of nitrogens with zero attached hydrogens (tertiary/aromatic N) is 1. The smallest absolute Gasteiger partial charge is 0.341 e. The Morgan fingerprint density at radius 3 is 2.57 bits per heavy atom. The Morgan fingerprint density at radius 2 is 1.89 bits per heavy atom. The number of amides is 1. The second-order valence-electron chi connectivity index (χ2n) is 8.09. The lowest BCUT2D eigenvalue weighted by Crippen LogP contribution is -2.38. The maximum atomic E-state index is 13.5. The molecule has 0 aliphatic heterocycles. The second kappa shape index (κ2) is 10.4. The van der Waals surface area contributed by atoms with E-state index in [-0.39, 0.29) is 17.2 Å². The summed E-state index contributed by atoms with van der Waals surface area (Å²) in [4.78, 5) is 26.9. The quantitative estimate of drug-likeness (QED) is 0.402. The Kier molecular flexibility index (Phi) is 7.49. The monoisotopic (exact) mass is 532 g/mol. The van der Waals surface area contributed by atoms with Crippen LogP contribution in [0.25, 0.3) is 0 Å². The van der Waals surface area contributed by atoms with Gasteiger partial charge in [0, 0.05) is 9.90 Å². The lowest BCUT2D eigenvalue weighted by Gasteiger charge is -2.24. The van der Waals surface area contributed by atoms with Crippen LogP contribution in [0, 0.1) is 6.92 Å². The number of thiophene rings is 1. The van der Waals surface area contributed by atoms with Crippen LogP contribution in [-0.4, -0.2) is 33.4 Å². The molecule has 0 fully saturated rings. The van der Waals surface area contributed by atoms with E-state index in [2.05, 4.69) is 5.32 Å². The minimum atomic E-state index is -4.08. The number of rotatable bonds is 8. The van der Waals surface area contributed by atoms with E-state index in [9.17, 15) is 18.0 Å². The van der Waals surface area contributed by atoms with E-state index in [1.165, 1.54) is 29.5 Å². The maximum Gasteiger partial charge on any atom is 0.341 e. The molecule has 35 heavy (non-hydrogen) atoms. The number of carbonyl (C=O) groups excluding carboxylic acids is 2. The van der Waals surface area contributed by atoms with Crippen LogP contribution in [0.15, 0.2) is 53.4 Å². The number of hydrogen-bond donors (Lipinski definition) is 1. The van der Waals surface area contributed by atoms with Gasteiger partial charge in [-0.2, -0.15) is 0 Å². The molecule has 184 valence electrons. The average molecular weight is 533 g/mol. The van der Waals surface area contributed by atoms with Gasteiger partial charge in [0.25, 0.3) is 10.0 Å². The second-order valence-corrected chi connectivity index (χ2v) is 11.5. The highest BCUT2D eigenvalue weighted by molar-refractivity contribution is 7.92. The number of carbonyl (C=O) groups is 2. The Labute approximate surface area is 213 Å². The molecule has 10 heteroatoms. The normalized spacial score (nSPS) is 12.8. The van der Waals surface area contributed by atoms with Crippen LogP contribution in [0.3, 0.4) is 0 Å². The maximum absolute atomic E-state index is 13.5. The van der Waals surface area contributed by atoms with Crippen LogP contribution in [-0.2, 0) is 32.4 Å². The van der Waals surface area contributed by atoms with Crippen molar-refractivity contribution in [2.75, 3.05) is 22.8 Å². The van der Waals surface area contributed by atoms with Crippen molar-refractivity contribution in [3.05, 3.63) is 75.1 Å². The molecule has 7 nitrogen and oxygen atoms in total. The van der Waals surface area contributed by atoms with Crippen molar-refractivity contribution in [2.45, 2.75) is 38.0 Å².